The zero-order valence-corrected chi connectivity index (χ0v) is 11.1. The van der Waals surface area contributed by atoms with Gasteiger partial charge in [0.2, 0.25) is 0 Å². The van der Waals surface area contributed by atoms with Crippen LogP contribution in [0, 0.1) is 13.8 Å². The standard InChI is InChI=1S/C13H11ClN2O3/c1-6-3-4-8(5-9(6)14)11-15-7(2)10(13(18)19)12(17)16-11/h3-5H,1-2H3,(H,18,19)(H,15,16,17). The molecule has 0 saturated carbocycles. The fraction of sp³-hybridized carbons (Fsp3) is 0.154. The lowest BCUT2D eigenvalue weighted by Crippen LogP contribution is -2.21. The maximum absolute atomic E-state index is 11.7. The van der Waals surface area contributed by atoms with Crippen molar-refractivity contribution >= 4 is 17.6 Å². The Morgan fingerprint density at radius 3 is 2.58 bits per heavy atom. The van der Waals surface area contributed by atoms with E-state index in [4.69, 9.17) is 16.7 Å². The van der Waals surface area contributed by atoms with E-state index in [9.17, 15) is 9.59 Å². The average molecular weight is 279 g/mol. The third-order valence-corrected chi connectivity index (χ3v) is 3.17. The summed E-state index contributed by atoms with van der Waals surface area (Å²) in [5.41, 5.74) is 0.691. The van der Waals surface area contributed by atoms with Crippen molar-refractivity contribution in [3.63, 3.8) is 0 Å². The first-order valence-electron chi connectivity index (χ1n) is 5.51. The van der Waals surface area contributed by atoms with E-state index in [-0.39, 0.29) is 11.3 Å². The molecule has 0 bridgehead atoms. The summed E-state index contributed by atoms with van der Waals surface area (Å²) in [4.78, 5) is 29.2. The molecule has 2 N–H and O–H groups in total. The molecular weight excluding hydrogens is 268 g/mol. The predicted molar refractivity (Wildman–Crippen MR) is 71.7 cm³/mol. The van der Waals surface area contributed by atoms with E-state index >= 15 is 0 Å². The molecule has 2 rings (SSSR count). The number of aromatic nitrogens is 2. The molecule has 1 aromatic heterocycles. The summed E-state index contributed by atoms with van der Waals surface area (Å²) in [7, 11) is 0. The van der Waals surface area contributed by atoms with Crippen LogP contribution in [-0.4, -0.2) is 21.0 Å². The van der Waals surface area contributed by atoms with Gasteiger partial charge in [0, 0.05) is 10.6 Å². The molecule has 1 aromatic carbocycles. The Labute approximate surface area is 113 Å². The van der Waals surface area contributed by atoms with Crippen molar-refractivity contribution in [3.05, 3.63) is 50.4 Å². The minimum Gasteiger partial charge on any atom is -0.477 e. The van der Waals surface area contributed by atoms with Crippen molar-refractivity contribution in [1.29, 1.82) is 0 Å². The highest BCUT2D eigenvalue weighted by atomic mass is 35.5. The van der Waals surface area contributed by atoms with E-state index in [0.29, 0.717) is 16.4 Å². The molecule has 0 unspecified atom stereocenters. The number of aromatic carboxylic acids is 1. The second-order valence-corrected chi connectivity index (χ2v) is 4.55. The third-order valence-electron chi connectivity index (χ3n) is 2.76. The van der Waals surface area contributed by atoms with E-state index in [2.05, 4.69) is 9.97 Å². The van der Waals surface area contributed by atoms with Gasteiger partial charge < -0.3 is 10.1 Å². The van der Waals surface area contributed by atoms with Gasteiger partial charge >= 0.3 is 5.97 Å². The average Bonchev–Trinajstić information content (AvgIpc) is 2.31. The molecule has 19 heavy (non-hydrogen) atoms. The Kier molecular flexibility index (Phi) is 3.40. The first-order chi connectivity index (χ1) is 8.90. The first-order valence-corrected chi connectivity index (χ1v) is 5.88. The second-order valence-electron chi connectivity index (χ2n) is 4.14. The Morgan fingerprint density at radius 2 is 2.05 bits per heavy atom. The van der Waals surface area contributed by atoms with Crippen LogP contribution < -0.4 is 5.56 Å². The fourth-order valence-corrected chi connectivity index (χ4v) is 1.90. The maximum Gasteiger partial charge on any atom is 0.343 e. The molecule has 0 spiro atoms. The number of carboxylic acids is 1. The molecule has 0 aliphatic carbocycles. The molecule has 2 aromatic rings. The quantitative estimate of drug-likeness (QED) is 0.883. The van der Waals surface area contributed by atoms with E-state index < -0.39 is 11.5 Å². The Balaban J connectivity index is 2.61. The Bertz CT molecular complexity index is 722. The smallest absolute Gasteiger partial charge is 0.343 e. The normalized spacial score (nSPS) is 10.5. The summed E-state index contributed by atoms with van der Waals surface area (Å²) >= 11 is 6.01. The van der Waals surface area contributed by atoms with Crippen molar-refractivity contribution in [3.8, 4) is 11.4 Å². The van der Waals surface area contributed by atoms with Crippen LogP contribution in [0.5, 0.6) is 0 Å². The Hall–Kier alpha value is -2.14. The van der Waals surface area contributed by atoms with E-state index in [1.165, 1.54) is 6.92 Å². The summed E-state index contributed by atoms with van der Waals surface area (Å²) in [6.07, 6.45) is 0. The largest absolute Gasteiger partial charge is 0.477 e. The van der Waals surface area contributed by atoms with Gasteiger partial charge in [0.1, 0.15) is 11.4 Å². The van der Waals surface area contributed by atoms with Crippen molar-refractivity contribution < 1.29 is 9.90 Å². The molecular formula is C13H11ClN2O3. The van der Waals surface area contributed by atoms with Gasteiger partial charge in [-0.05, 0) is 25.5 Å². The van der Waals surface area contributed by atoms with Crippen LogP contribution in [0.4, 0.5) is 0 Å². The third kappa shape index (κ3) is 2.51. The van der Waals surface area contributed by atoms with Crippen LogP contribution in [0.2, 0.25) is 5.02 Å². The zero-order valence-electron chi connectivity index (χ0n) is 10.3. The maximum atomic E-state index is 11.7. The molecule has 0 radical (unpaired) electrons. The molecule has 0 atom stereocenters. The van der Waals surface area contributed by atoms with Crippen molar-refractivity contribution in [1.82, 2.24) is 9.97 Å². The number of hydrogen-bond donors (Lipinski definition) is 2. The predicted octanol–water partition coefficient (Wildman–Crippen LogP) is 2.41. The van der Waals surface area contributed by atoms with E-state index in [0.717, 1.165) is 5.56 Å². The van der Waals surface area contributed by atoms with Crippen LogP contribution in [-0.2, 0) is 0 Å². The zero-order chi connectivity index (χ0) is 14.2. The summed E-state index contributed by atoms with van der Waals surface area (Å²) in [5.74, 6) is -0.992. The van der Waals surface area contributed by atoms with Gasteiger partial charge in [0.05, 0.1) is 5.69 Å². The first kappa shape index (κ1) is 13.3. The lowest BCUT2D eigenvalue weighted by Gasteiger charge is -2.06. The summed E-state index contributed by atoms with van der Waals surface area (Å²) in [6.45, 7) is 3.35. The van der Waals surface area contributed by atoms with Crippen LogP contribution >= 0.6 is 11.6 Å². The molecule has 0 saturated heterocycles. The number of aromatic amines is 1. The topological polar surface area (TPSA) is 83.0 Å². The number of aryl methyl sites for hydroxylation is 2. The molecule has 0 aliphatic rings. The number of halogens is 1. The molecule has 98 valence electrons. The number of hydrogen-bond acceptors (Lipinski definition) is 3. The van der Waals surface area contributed by atoms with Crippen molar-refractivity contribution in [2.75, 3.05) is 0 Å². The van der Waals surface area contributed by atoms with Gasteiger partial charge in [-0.15, -0.1) is 0 Å². The van der Waals surface area contributed by atoms with E-state index in [1.54, 1.807) is 18.2 Å². The number of carboxylic acid groups (broad SMARTS) is 1. The van der Waals surface area contributed by atoms with Gasteiger partial charge in [-0.25, -0.2) is 9.78 Å². The van der Waals surface area contributed by atoms with Crippen molar-refractivity contribution in [2.24, 2.45) is 0 Å². The minimum absolute atomic E-state index is 0.169. The highest BCUT2D eigenvalue weighted by Crippen LogP contribution is 2.22. The molecule has 5 nitrogen and oxygen atoms in total. The highest BCUT2D eigenvalue weighted by molar-refractivity contribution is 6.31. The fourth-order valence-electron chi connectivity index (χ4n) is 1.71. The molecule has 0 aliphatic heterocycles. The summed E-state index contributed by atoms with van der Waals surface area (Å²) in [5, 5.41) is 9.46. The molecule has 6 heteroatoms. The van der Waals surface area contributed by atoms with E-state index in [1.807, 2.05) is 6.92 Å². The molecule has 1 heterocycles. The molecule has 0 fully saturated rings. The number of nitrogens with zero attached hydrogens (tertiary/aromatic N) is 1. The summed E-state index contributed by atoms with van der Waals surface area (Å²) in [6, 6.07) is 5.24. The minimum atomic E-state index is -1.29. The summed E-state index contributed by atoms with van der Waals surface area (Å²) < 4.78 is 0. The lowest BCUT2D eigenvalue weighted by atomic mass is 10.1. The van der Waals surface area contributed by atoms with Gasteiger partial charge in [0.25, 0.3) is 5.56 Å². The van der Waals surface area contributed by atoms with Gasteiger partial charge in [-0.1, -0.05) is 23.7 Å². The van der Waals surface area contributed by atoms with Gasteiger partial charge in [-0.3, -0.25) is 4.79 Å². The highest BCUT2D eigenvalue weighted by Gasteiger charge is 2.15. The Morgan fingerprint density at radius 1 is 1.37 bits per heavy atom. The van der Waals surface area contributed by atoms with Gasteiger partial charge in [-0.2, -0.15) is 0 Å². The number of H-pyrrole nitrogens is 1. The van der Waals surface area contributed by atoms with Crippen LogP contribution in [0.15, 0.2) is 23.0 Å². The van der Waals surface area contributed by atoms with Crippen LogP contribution in [0.3, 0.4) is 0 Å². The monoisotopic (exact) mass is 278 g/mol. The second kappa shape index (κ2) is 4.85. The number of benzene rings is 1. The lowest BCUT2D eigenvalue weighted by molar-refractivity contribution is 0.0693. The number of rotatable bonds is 2. The number of nitrogens with one attached hydrogen (secondary N) is 1. The van der Waals surface area contributed by atoms with Crippen LogP contribution in [0.25, 0.3) is 11.4 Å². The number of carbonyl (C=O) groups is 1. The molecule has 0 amide bonds. The van der Waals surface area contributed by atoms with Gasteiger partial charge in [0.15, 0.2) is 0 Å². The van der Waals surface area contributed by atoms with Crippen molar-refractivity contribution in [2.45, 2.75) is 13.8 Å². The SMILES string of the molecule is Cc1ccc(-c2nc(C)c(C(=O)O)c(=O)[nH]2)cc1Cl. The van der Waals surface area contributed by atoms with Crippen LogP contribution in [0.1, 0.15) is 21.6 Å².